The Hall–Kier alpha value is -2.85. The molecule has 0 saturated carbocycles. The summed E-state index contributed by atoms with van der Waals surface area (Å²) >= 11 is 0. The number of sulfonamides is 1. The Balaban J connectivity index is 1.97. The molecule has 0 spiro atoms. The summed E-state index contributed by atoms with van der Waals surface area (Å²) in [5.41, 5.74) is -1.01. The maximum atomic E-state index is 13.3. The molecule has 2 aromatic carbocycles. The highest BCUT2D eigenvalue weighted by Crippen LogP contribution is 2.20. The molecule has 3 rings (SSSR count). The van der Waals surface area contributed by atoms with Crippen molar-refractivity contribution in [2.45, 2.75) is 17.9 Å². The molecule has 136 valence electrons. The van der Waals surface area contributed by atoms with E-state index in [9.17, 15) is 26.8 Å². The molecule has 1 heterocycles. The first-order valence-electron chi connectivity index (χ1n) is 7.41. The van der Waals surface area contributed by atoms with E-state index in [2.05, 4.69) is 9.71 Å². The topological polar surface area (TPSA) is 112 Å². The molecule has 0 fully saturated rings. The number of benzene rings is 2. The summed E-state index contributed by atoms with van der Waals surface area (Å²) in [5, 5.41) is -0.00652. The van der Waals surface area contributed by atoms with Crippen molar-refractivity contribution in [2.24, 2.45) is 0 Å². The van der Waals surface area contributed by atoms with Crippen LogP contribution in [0.25, 0.3) is 10.9 Å². The number of rotatable bonds is 4. The minimum absolute atomic E-state index is 0.00652. The van der Waals surface area contributed by atoms with Crippen molar-refractivity contribution in [1.29, 1.82) is 0 Å². The van der Waals surface area contributed by atoms with E-state index in [4.69, 9.17) is 0 Å². The van der Waals surface area contributed by atoms with Gasteiger partial charge in [0.15, 0.2) is 11.6 Å². The fourth-order valence-electron chi connectivity index (χ4n) is 2.46. The second kappa shape index (κ2) is 6.46. The van der Waals surface area contributed by atoms with Crippen molar-refractivity contribution in [3.8, 4) is 0 Å². The monoisotopic (exact) mass is 381 g/mol. The Morgan fingerprint density at radius 1 is 1.00 bits per heavy atom. The molecule has 7 nitrogen and oxygen atoms in total. The number of H-pyrrole nitrogens is 2. The number of fused-ring (bicyclic) bond motifs is 1. The van der Waals surface area contributed by atoms with Gasteiger partial charge in [0.1, 0.15) is 0 Å². The number of aromatic amines is 2. The second-order valence-electron chi connectivity index (χ2n) is 5.63. The number of halogens is 2. The molecule has 0 bridgehead atoms. The van der Waals surface area contributed by atoms with Crippen molar-refractivity contribution in [3.05, 3.63) is 74.4 Å². The summed E-state index contributed by atoms with van der Waals surface area (Å²) in [6.07, 6.45) is 0. The molecule has 3 N–H and O–H groups in total. The first kappa shape index (κ1) is 18.0. The van der Waals surface area contributed by atoms with Crippen LogP contribution in [-0.4, -0.2) is 18.4 Å². The lowest BCUT2D eigenvalue weighted by molar-refractivity contribution is 0.504. The van der Waals surface area contributed by atoms with E-state index in [1.165, 1.54) is 25.1 Å². The molecule has 0 saturated heterocycles. The summed E-state index contributed by atoms with van der Waals surface area (Å²) < 4.78 is 53.7. The Morgan fingerprint density at radius 2 is 1.73 bits per heavy atom. The third-order valence-electron chi connectivity index (χ3n) is 3.80. The molecule has 3 aromatic rings. The molecule has 1 atom stereocenters. The van der Waals surface area contributed by atoms with Crippen molar-refractivity contribution in [1.82, 2.24) is 14.7 Å². The highest BCUT2D eigenvalue weighted by atomic mass is 32.2. The Bertz CT molecular complexity index is 1220. The molecule has 0 aliphatic carbocycles. The summed E-state index contributed by atoms with van der Waals surface area (Å²) in [4.78, 5) is 27.2. The molecular weight excluding hydrogens is 368 g/mol. The highest BCUT2D eigenvalue weighted by Gasteiger charge is 2.20. The van der Waals surface area contributed by atoms with Gasteiger partial charge in [0.05, 0.1) is 15.8 Å². The van der Waals surface area contributed by atoms with E-state index >= 15 is 0 Å². The first-order chi connectivity index (χ1) is 12.2. The van der Waals surface area contributed by atoms with Gasteiger partial charge in [-0.3, -0.25) is 9.78 Å². The minimum atomic E-state index is -4.06. The Kier molecular flexibility index (Phi) is 4.46. The summed E-state index contributed by atoms with van der Waals surface area (Å²) in [6.45, 7) is 1.47. The Morgan fingerprint density at radius 3 is 2.42 bits per heavy atom. The zero-order valence-corrected chi connectivity index (χ0v) is 14.2. The number of nitrogens with one attached hydrogen (secondary N) is 3. The van der Waals surface area contributed by atoms with Gasteiger partial charge in [-0.15, -0.1) is 0 Å². The number of aromatic nitrogens is 2. The van der Waals surface area contributed by atoms with Crippen LogP contribution >= 0.6 is 0 Å². The fourth-order valence-corrected chi connectivity index (χ4v) is 3.72. The number of hydrogen-bond donors (Lipinski definition) is 3. The summed E-state index contributed by atoms with van der Waals surface area (Å²) in [6, 6.07) is 5.85. The van der Waals surface area contributed by atoms with Crippen molar-refractivity contribution in [3.63, 3.8) is 0 Å². The van der Waals surface area contributed by atoms with Crippen LogP contribution in [0.1, 0.15) is 18.5 Å². The van der Waals surface area contributed by atoms with Crippen LogP contribution < -0.4 is 16.0 Å². The lowest BCUT2D eigenvalue weighted by Gasteiger charge is -2.15. The SMILES string of the molecule is CC(NS(=O)(=O)c1ccc2[nH]c(=O)[nH]c(=O)c2c1)c1ccc(F)c(F)c1. The largest absolute Gasteiger partial charge is 0.326 e. The number of hydrogen-bond acceptors (Lipinski definition) is 4. The zero-order valence-electron chi connectivity index (χ0n) is 13.3. The molecule has 0 radical (unpaired) electrons. The lowest BCUT2D eigenvalue weighted by Crippen LogP contribution is -2.27. The van der Waals surface area contributed by atoms with Gasteiger partial charge < -0.3 is 4.98 Å². The molecule has 10 heteroatoms. The van der Waals surface area contributed by atoms with E-state index in [0.29, 0.717) is 0 Å². The Labute approximate surface area is 145 Å². The quantitative estimate of drug-likeness (QED) is 0.636. The smallest absolute Gasteiger partial charge is 0.307 e. The average Bonchev–Trinajstić information content (AvgIpc) is 2.56. The first-order valence-corrected chi connectivity index (χ1v) is 8.89. The predicted octanol–water partition coefficient (Wildman–Crippen LogP) is 1.53. The molecule has 1 unspecified atom stereocenters. The summed E-state index contributed by atoms with van der Waals surface area (Å²) in [7, 11) is -4.06. The van der Waals surface area contributed by atoms with Crippen LogP contribution in [-0.2, 0) is 10.0 Å². The van der Waals surface area contributed by atoms with Gasteiger partial charge in [0.25, 0.3) is 5.56 Å². The fraction of sp³-hybridized carbons (Fsp3) is 0.125. The maximum Gasteiger partial charge on any atom is 0.326 e. The summed E-state index contributed by atoms with van der Waals surface area (Å²) in [5.74, 6) is -2.12. The van der Waals surface area contributed by atoms with Crippen LogP contribution in [0, 0.1) is 11.6 Å². The van der Waals surface area contributed by atoms with E-state index < -0.39 is 38.9 Å². The van der Waals surface area contributed by atoms with Gasteiger partial charge in [-0.25, -0.2) is 26.7 Å². The van der Waals surface area contributed by atoms with Gasteiger partial charge in [-0.2, -0.15) is 0 Å². The van der Waals surface area contributed by atoms with Gasteiger partial charge in [0, 0.05) is 6.04 Å². The van der Waals surface area contributed by atoms with E-state index in [1.54, 1.807) is 0 Å². The molecule has 0 aliphatic heterocycles. The molecule has 0 aliphatic rings. The second-order valence-corrected chi connectivity index (χ2v) is 7.35. The van der Waals surface area contributed by atoms with Gasteiger partial charge in [-0.05, 0) is 42.8 Å². The normalized spacial score (nSPS) is 13.0. The molecule has 1 aromatic heterocycles. The zero-order chi connectivity index (χ0) is 19.1. The van der Waals surface area contributed by atoms with Gasteiger partial charge in [0.2, 0.25) is 10.0 Å². The van der Waals surface area contributed by atoms with Crippen LogP contribution in [0.5, 0.6) is 0 Å². The van der Waals surface area contributed by atoms with E-state index in [0.717, 1.165) is 18.2 Å². The van der Waals surface area contributed by atoms with Crippen molar-refractivity contribution >= 4 is 20.9 Å². The molecule has 0 amide bonds. The van der Waals surface area contributed by atoms with Gasteiger partial charge in [-0.1, -0.05) is 6.07 Å². The molecule has 26 heavy (non-hydrogen) atoms. The highest BCUT2D eigenvalue weighted by molar-refractivity contribution is 7.89. The van der Waals surface area contributed by atoms with Crippen LogP contribution in [0.15, 0.2) is 50.9 Å². The maximum absolute atomic E-state index is 13.3. The van der Waals surface area contributed by atoms with E-state index in [1.807, 2.05) is 4.98 Å². The molecular formula is C16H13F2N3O4S. The minimum Gasteiger partial charge on any atom is -0.307 e. The van der Waals surface area contributed by atoms with Crippen LogP contribution in [0.4, 0.5) is 8.78 Å². The standard InChI is InChI=1S/C16H13F2N3O4S/c1-8(9-2-4-12(17)13(18)6-9)21-26(24,25)10-3-5-14-11(7-10)15(22)20-16(23)19-14/h2-8,21H,1H3,(H2,19,20,22,23). The predicted molar refractivity (Wildman–Crippen MR) is 90.3 cm³/mol. The van der Waals surface area contributed by atoms with Gasteiger partial charge >= 0.3 is 5.69 Å². The average molecular weight is 381 g/mol. The van der Waals surface area contributed by atoms with Crippen LogP contribution in [0.2, 0.25) is 0 Å². The van der Waals surface area contributed by atoms with Crippen molar-refractivity contribution < 1.29 is 17.2 Å². The van der Waals surface area contributed by atoms with Crippen LogP contribution in [0.3, 0.4) is 0 Å². The van der Waals surface area contributed by atoms with Crippen molar-refractivity contribution in [2.75, 3.05) is 0 Å². The lowest BCUT2D eigenvalue weighted by atomic mass is 10.1. The third kappa shape index (κ3) is 3.41. The third-order valence-corrected chi connectivity index (χ3v) is 5.34. The van der Waals surface area contributed by atoms with E-state index in [-0.39, 0.29) is 21.4 Å².